The highest BCUT2D eigenvalue weighted by Crippen LogP contribution is 2.28. The zero-order chi connectivity index (χ0) is 22.9. The number of nitrogens with one attached hydrogen (secondary N) is 1. The smallest absolute Gasteiger partial charge is 0.257 e. The molecule has 0 saturated heterocycles. The summed E-state index contributed by atoms with van der Waals surface area (Å²) in [5.41, 5.74) is 4.93. The Kier molecular flexibility index (Phi) is 5.71. The molecule has 7 nitrogen and oxygen atoms in total. The van der Waals surface area contributed by atoms with Crippen LogP contribution in [0.1, 0.15) is 21.5 Å². The van der Waals surface area contributed by atoms with Gasteiger partial charge in [-0.05, 0) is 42.3 Å². The van der Waals surface area contributed by atoms with E-state index in [2.05, 4.69) is 22.5 Å². The number of anilines is 1. The quantitative estimate of drug-likeness (QED) is 0.485. The van der Waals surface area contributed by atoms with Gasteiger partial charge in [0, 0.05) is 36.9 Å². The monoisotopic (exact) mass is 448 g/mol. The summed E-state index contributed by atoms with van der Waals surface area (Å²) in [6.45, 7) is 2.58. The highest BCUT2D eigenvalue weighted by Gasteiger charge is 2.19. The van der Waals surface area contributed by atoms with Crippen molar-refractivity contribution >= 4 is 21.4 Å². The molecule has 32 heavy (non-hydrogen) atoms. The maximum Gasteiger partial charge on any atom is 0.257 e. The van der Waals surface area contributed by atoms with Gasteiger partial charge in [-0.25, -0.2) is 8.42 Å². The fraction of sp³-hybridized carbons (Fsp3) is 0.167. The van der Waals surface area contributed by atoms with Gasteiger partial charge in [0.2, 0.25) is 0 Å². The van der Waals surface area contributed by atoms with Crippen LogP contribution in [0.25, 0.3) is 11.3 Å². The second kappa shape index (κ2) is 8.47. The average molecular weight is 449 g/mol. The lowest BCUT2D eigenvalue weighted by Crippen LogP contribution is -2.12. The first-order chi connectivity index (χ1) is 15.2. The van der Waals surface area contributed by atoms with Gasteiger partial charge in [-0.3, -0.25) is 9.48 Å². The standard InChI is InChI=1S/C24H24N4O3S/c1-17-22(24(29)26-20-9-11-21(12-10-20)32(3,30)31)16-27(2)23(17)19-13-25-28(15-19)14-18-7-5-4-6-8-18/h4-13,15-16H,14H2,1-3H3,(H,26,29). The lowest BCUT2D eigenvalue weighted by atomic mass is 10.1. The van der Waals surface area contributed by atoms with Crippen molar-refractivity contribution in [3.8, 4) is 11.3 Å². The van der Waals surface area contributed by atoms with Gasteiger partial charge in [0.25, 0.3) is 5.91 Å². The fourth-order valence-electron chi connectivity index (χ4n) is 3.72. The second-order valence-corrected chi connectivity index (χ2v) is 9.81. The van der Waals surface area contributed by atoms with Crippen molar-refractivity contribution in [3.05, 3.63) is 89.9 Å². The Morgan fingerprint density at radius 2 is 1.72 bits per heavy atom. The van der Waals surface area contributed by atoms with E-state index in [1.165, 1.54) is 12.1 Å². The maximum absolute atomic E-state index is 12.9. The van der Waals surface area contributed by atoms with Crippen molar-refractivity contribution in [2.75, 3.05) is 11.6 Å². The van der Waals surface area contributed by atoms with Gasteiger partial charge >= 0.3 is 0 Å². The molecule has 0 aliphatic carbocycles. The molecule has 1 N–H and O–H groups in total. The van der Waals surface area contributed by atoms with E-state index in [-0.39, 0.29) is 10.8 Å². The summed E-state index contributed by atoms with van der Waals surface area (Å²) >= 11 is 0. The van der Waals surface area contributed by atoms with Crippen LogP contribution in [0.15, 0.2) is 78.1 Å². The van der Waals surface area contributed by atoms with Gasteiger partial charge in [-0.1, -0.05) is 30.3 Å². The first-order valence-corrected chi connectivity index (χ1v) is 12.0. The van der Waals surface area contributed by atoms with Crippen molar-refractivity contribution in [2.24, 2.45) is 7.05 Å². The minimum Gasteiger partial charge on any atom is -0.349 e. The summed E-state index contributed by atoms with van der Waals surface area (Å²) in [5.74, 6) is -0.256. The molecule has 0 unspecified atom stereocenters. The molecule has 8 heteroatoms. The van der Waals surface area contributed by atoms with Gasteiger partial charge < -0.3 is 9.88 Å². The summed E-state index contributed by atoms with van der Waals surface area (Å²) in [6, 6.07) is 16.2. The van der Waals surface area contributed by atoms with Gasteiger partial charge in [0.05, 0.1) is 28.9 Å². The Hall–Kier alpha value is -3.65. The Bertz CT molecular complexity index is 1370. The third-order valence-electron chi connectivity index (χ3n) is 5.31. The predicted octanol–water partition coefficient (Wildman–Crippen LogP) is 3.90. The fourth-order valence-corrected chi connectivity index (χ4v) is 4.35. The Labute approximate surface area is 187 Å². The molecule has 0 aliphatic heterocycles. The summed E-state index contributed by atoms with van der Waals surface area (Å²) in [4.78, 5) is 13.1. The van der Waals surface area contributed by atoms with Gasteiger partial charge in [0.1, 0.15) is 0 Å². The Morgan fingerprint density at radius 1 is 1.03 bits per heavy atom. The molecule has 0 atom stereocenters. The number of aromatic nitrogens is 3. The van der Waals surface area contributed by atoms with Crippen LogP contribution in [0.3, 0.4) is 0 Å². The number of nitrogens with zero attached hydrogens (tertiary/aromatic N) is 3. The maximum atomic E-state index is 12.9. The van der Waals surface area contributed by atoms with Crippen LogP contribution in [-0.2, 0) is 23.4 Å². The zero-order valence-electron chi connectivity index (χ0n) is 18.1. The number of hydrogen-bond acceptors (Lipinski definition) is 4. The summed E-state index contributed by atoms with van der Waals surface area (Å²) in [5, 5.41) is 7.31. The molecule has 0 spiro atoms. The normalized spacial score (nSPS) is 11.5. The molecule has 0 bridgehead atoms. The topological polar surface area (TPSA) is 86.0 Å². The molecule has 2 aromatic heterocycles. The third-order valence-corrected chi connectivity index (χ3v) is 6.44. The molecular weight excluding hydrogens is 424 g/mol. The summed E-state index contributed by atoms with van der Waals surface area (Å²) in [7, 11) is -1.38. The highest BCUT2D eigenvalue weighted by molar-refractivity contribution is 7.90. The van der Waals surface area contributed by atoms with E-state index in [1.54, 1.807) is 24.5 Å². The van der Waals surface area contributed by atoms with Crippen molar-refractivity contribution in [1.29, 1.82) is 0 Å². The van der Waals surface area contributed by atoms with Crippen LogP contribution in [0.5, 0.6) is 0 Å². The van der Waals surface area contributed by atoms with E-state index < -0.39 is 9.84 Å². The number of benzene rings is 2. The molecule has 0 radical (unpaired) electrons. The molecule has 2 heterocycles. The zero-order valence-corrected chi connectivity index (χ0v) is 18.9. The number of carbonyl (C=O) groups excluding carboxylic acids is 1. The first kappa shape index (κ1) is 21.6. The highest BCUT2D eigenvalue weighted by atomic mass is 32.2. The average Bonchev–Trinajstić information content (AvgIpc) is 3.31. The van der Waals surface area contributed by atoms with Crippen molar-refractivity contribution in [3.63, 3.8) is 0 Å². The molecule has 2 aromatic carbocycles. The molecule has 0 saturated carbocycles. The molecule has 4 rings (SSSR count). The molecule has 0 aliphatic rings. The van der Waals surface area contributed by atoms with Gasteiger partial charge in [-0.15, -0.1) is 0 Å². The van der Waals surface area contributed by atoms with Crippen molar-refractivity contribution in [1.82, 2.24) is 14.3 Å². The lowest BCUT2D eigenvalue weighted by molar-refractivity contribution is 0.102. The second-order valence-electron chi connectivity index (χ2n) is 7.79. The van der Waals surface area contributed by atoms with Crippen LogP contribution in [0.4, 0.5) is 5.69 Å². The largest absolute Gasteiger partial charge is 0.349 e. The predicted molar refractivity (Wildman–Crippen MR) is 124 cm³/mol. The minimum atomic E-state index is -3.28. The molecular formula is C24H24N4O3S. The van der Waals surface area contributed by atoms with E-state index in [9.17, 15) is 13.2 Å². The number of hydrogen-bond donors (Lipinski definition) is 1. The number of amides is 1. The molecule has 1 amide bonds. The van der Waals surface area contributed by atoms with E-state index in [0.717, 1.165) is 28.6 Å². The van der Waals surface area contributed by atoms with E-state index in [4.69, 9.17) is 0 Å². The van der Waals surface area contributed by atoms with E-state index in [1.807, 2.05) is 47.6 Å². The van der Waals surface area contributed by atoms with Crippen LogP contribution >= 0.6 is 0 Å². The van der Waals surface area contributed by atoms with E-state index in [0.29, 0.717) is 17.8 Å². The Balaban J connectivity index is 1.55. The molecule has 0 fully saturated rings. The first-order valence-electron chi connectivity index (χ1n) is 10.1. The third kappa shape index (κ3) is 4.50. The van der Waals surface area contributed by atoms with Crippen LogP contribution in [-0.4, -0.2) is 34.9 Å². The number of aryl methyl sites for hydroxylation is 1. The van der Waals surface area contributed by atoms with Crippen LogP contribution in [0, 0.1) is 6.92 Å². The molecule has 164 valence electrons. The van der Waals surface area contributed by atoms with Gasteiger partial charge in [0.15, 0.2) is 9.84 Å². The summed E-state index contributed by atoms with van der Waals surface area (Å²) < 4.78 is 27.0. The van der Waals surface area contributed by atoms with Gasteiger partial charge in [-0.2, -0.15) is 5.10 Å². The minimum absolute atomic E-state index is 0.209. The summed E-state index contributed by atoms with van der Waals surface area (Å²) in [6.07, 6.45) is 6.72. The van der Waals surface area contributed by atoms with Crippen molar-refractivity contribution in [2.45, 2.75) is 18.4 Å². The van der Waals surface area contributed by atoms with Crippen LogP contribution < -0.4 is 5.32 Å². The molecule has 4 aromatic rings. The number of rotatable bonds is 6. The number of carbonyl (C=O) groups is 1. The van der Waals surface area contributed by atoms with E-state index >= 15 is 0 Å². The number of sulfone groups is 1. The Morgan fingerprint density at radius 3 is 2.38 bits per heavy atom. The van der Waals surface area contributed by atoms with Crippen molar-refractivity contribution < 1.29 is 13.2 Å². The lowest BCUT2D eigenvalue weighted by Gasteiger charge is -2.06. The SMILES string of the molecule is Cc1c(C(=O)Nc2ccc(S(C)(=O)=O)cc2)cn(C)c1-c1cnn(Cc2ccccc2)c1. The van der Waals surface area contributed by atoms with Crippen LogP contribution in [0.2, 0.25) is 0 Å².